The van der Waals surface area contributed by atoms with Gasteiger partial charge in [0.15, 0.2) is 4.96 Å². The Kier molecular flexibility index (Phi) is 2.13. The second-order valence-electron chi connectivity index (χ2n) is 5.65. The van der Waals surface area contributed by atoms with Gasteiger partial charge < -0.3 is 0 Å². The number of aromatic nitrogens is 2. The fourth-order valence-corrected chi connectivity index (χ4v) is 4.61. The number of rotatable bonds is 0. The molecule has 2 heterocycles. The molecule has 2 aliphatic rings. The van der Waals surface area contributed by atoms with Crippen LogP contribution in [0, 0.1) is 5.92 Å². The molecule has 2 aliphatic carbocycles. The zero-order chi connectivity index (χ0) is 11.4. The quantitative estimate of drug-likeness (QED) is 0.696. The van der Waals surface area contributed by atoms with E-state index in [9.17, 15) is 0 Å². The van der Waals surface area contributed by atoms with Crippen molar-refractivity contribution in [2.75, 3.05) is 0 Å². The number of hydrogen-bond donors (Lipinski definition) is 0. The number of aryl methyl sites for hydroxylation is 3. The van der Waals surface area contributed by atoms with Crippen molar-refractivity contribution >= 4 is 16.3 Å². The van der Waals surface area contributed by atoms with Crippen molar-refractivity contribution in [2.24, 2.45) is 5.92 Å². The summed E-state index contributed by atoms with van der Waals surface area (Å²) in [4.78, 5) is 7.76. The van der Waals surface area contributed by atoms with Crippen LogP contribution in [0.25, 0.3) is 4.96 Å². The van der Waals surface area contributed by atoms with Crippen molar-refractivity contribution in [2.45, 2.75) is 51.9 Å². The van der Waals surface area contributed by atoms with Crippen molar-refractivity contribution in [1.82, 2.24) is 9.38 Å². The summed E-state index contributed by atoms with van der Waals surface area (Å²) >= 11 is 1.95. The van der Waals surface area contributed by atoms with E-state index in [1.54, 1.807) is 10.6 Å². The first-order valence-electron chi connectivity index (χ1n) is 6.83. The van der Waals surface area contributed by atoms with E-state index in [0.717, 1.165) is 5.92 Å². The third kappa shape index (κ3) is 1.41. The van der Waals surface area contributed by atoms with Crippen LogP contribution < -0.4 is 0 Å². The molecule has 0 spiro atoms. The van der Waals surface area contributed by atoms with Crippen LogP contribution in [0.1, 0.15) is 48.1 Å². The van der Waals surface area contributed by atoms with E-state index in [4.69, 9.17) is 4.98 Å². The first-order valence-corrected chi connectivity index (χ1v) is 7.65. The van der Waals surface area contributed by atoms with E-state index in [1.807, 2.05) is 11.3 Å². The summed E-state index contributed by atoms with van der Waals surface area (Å²) in [7, 11) is 0. The molecule has 4 rings (SSSR count). The largest absolute Gasteiger partial charge is 0.291 e. The third-order valence-corrected chi connectivity index (χ3v) is 5.46. The van der Waals surface area contributed by atoms with Gasteiger partial charge in [-0.05, 0) is 50.9 Å². The van der Waals surface area contributed by atoms with Gasteiger partial charge in [-0.3, -0.25) is 4.40 Å². The molecule has 0 N–H and O–H groups in total. The molecule has 17 heavy (non-hydrogen) atoms. The number of thiazole rings is 1. The molecular weight excluding hydrogens is 228 g/mol. The van der Waals surface area contributed by atoms with Gasteiger partial charge in [0.05, 0.1) is 5.69 Å². The minimum Gasteiger partial charge on any atom is -0.291 e. The molecule has 2 nitrogen and oxygen atoms in total. The Morgan fingerprint density at radius 3 is 3.00 bits per heavy atom. The number of imidazole rings is 1. The van der Waals surface area contributed by atoms with Gasteiger partial charge in [0.2, 0.25) is 0 Å². The molecule has 2 aromatic rings. The highest BCUT2D eigenvalue weighted by molar-refractivity contribution is 7.17. The van der Waals surface area contributed by atoms with Gasteiger partial charge in [0, 0.05) is 16.3 Å². The Morgan fingerprint density at radius 2 is 2.06 bits per heavy atom. The maximum Gasteiger partial charge on any atom is 0.194 e. The normalized spacial score (nSPS) is 23.7. The van der Waals surface area contributed by atoms with Gasteiger partial charge in [-0.15, -0.1) is 11.3 Å². The number of fused-ring (bicyclic) bond motifs is 5. The van der Waals surface area contributed by atoms with Crippen LogP contribution in [-0.2, 0) is 25.7 Å². The van der Waals surface area contributed by atoms with Crippen molar-refractivity contribution in [3.8, 4) is 0 Å². The highest BCUT2D eigenvalue weighted by Crippen LogP contribution is 2.35. The smallest absolute Gasteiger partial charge is 0.194 e. The summed E-state index contributed by atoms with van der Waals surface area (Å²) in [6.07, 6.45) is 9.04. The number of hydrogen-bond acceptors (Lipinski definition) is 2. The second kappa shape index (κ2) is 3.58. The molecule has 0 saturated heterocycles. The van der Waals surface area contributed by atoms with Crippen LogP contribution in [-0.4, -0.2) is 9.38 Å². The molecule has 0 radical (unpaired) electrons. The fourth-order valence-electron chi connectivity index (χ4n) is 3.36. The molecule has 3 heteroatoms. The van der Waals surface area contributed by atoms with Gasteiger partial charge in [0.25, 0.3) is 0 Å². The standard InChI is InChI=1S/C14H18N2S/c1-9-6-7-10-12(8-9)16-11-4-2-3-5-13(11)17-14(16)15-10/h9H,2-8H2,1H3. The van der Waals surface area contributed by atoms with Crippen LogP contribution >= 0.6 is 11.3 Å². The molecule has 0 bridgehead atoms. The van der Waals surface area contributed by atoms with Gasteiger partial charge >= 0.3 is 0 Å². The molecule has 2 aromatic heterocycles. The van der Waals surface area contributed by atoms with E-state index in [-0.39, 0.29) is 0 Å². The molecular formula is C14H18N2S. The molecule has 0 saturated carbocycles. The second-order valence-corrected chi connectivity index (χ2v) is 6.71. The van der Waals surface area contributed by atoms with E-state index < -0.39 is 0 Å². The monoisotopic (exact) mass is 246 g/mol. The van der Waals surface area contributed by atoms with Crippen LogP contribution in [0.15, 0.2) is 0 Å². The van der Waals surface area contributed by atoms with Crippen LogP contribution in [0.3, 0.4) is 0 Å². The lowest BCUT2D eigenvalue weighted by Gasteiger charge is -2.19. The summed E-state index contributed by atoms with van der Waals surface area (Å²) in [5, 5.41) is 0. The van der Waals surface area contributed by atoms with Crippen molar-refractivity contribution in [3.63, 3.8) is 0 Å². The van der Waals surface area contributed by atoms with Crippen molar-refractivity contribution in [1.29, 1.82) is 0 Å². The van der Waals surface area contributed by atoms with Crippen molar-refractivity contribution < 1.29 is 0 Å². The Bertz CT molecular complexity index is 579. The maximum atomic E-state index is 4.87. The zero-order valence-electron chi connectivity index (χ0n) is 10.3. The predicted octanol–water partition coefficient (Wildman–Crippen LogP) is 3.40. The zero-order valence-corrected chi connectivity index (χ0v) is 11.1. The Morgan fingerprint density at radius 1 is 1.18 bits per heavy atom. The lowest BCUT2D eigenvalue weighted by molar-refractivity contribution is 0.486. The third-order valence-electron chi connectivity index (χ3n) is 4.31. The Hall–Kier alpha value is -0.830. The molecule has 1 unspecified atom stereocenters. The summed E-state index contributed by atoms with van der Waals surface area (Å²) in [5.74, 6) is 0.835. The van der Waals surface area contributed by atoms with Gasteiger partial charge in [-0.1, -0.05) is 6.92 Å². The van der Waals surface area contributed by atoms with Crippen LogP contribution in [0.4, 0.5) is 0 Å². The lowest BCUT2D eigenvalue weighted by Crippen LogP contribution is -2.14. The highest BCUT2D eigenvalue weighted by Gasteiger charge is 2.25. The summed E-state index contributed by atoms with van der Waals surface area (Å²) in [6, 6.07) is 0. The number of nitrogens with zero attached hydrogens (tertiary/aromatic N) is 2. The molecule has 90 valence electrons. The van der Waals surface area contributed by atoms with Gasteiger partial charge in [-0.2, -0.15) is 0 Å². The minimum atomic E-state index is 0.835. The minimum absolute atomic E-state index is 0.835. The van der Waals surface area contributed by atoms with E-state index in [2.05, 4.69) is 11.3 Å². The summed E-state index contributed by atoms with van der Waals surface area (Å²) < 4.78 is 2.52. The topological polar surface area (TPSA) is 17.3 Å². The summed E-state index contributed by atoms with van der Waals surface area (Å²) in [6.45, 7) is 2.38. The first-order chi connectivity index (χ1) is 8.33. The van der Waals surface area contributed by atoms with Gasteiger partial charge in [-0.25, -0.2) is 4.98 Å². The summed E-state index contributed by atoms with van der Waals surface area (Å²) in [5.41, 5.74) is 4.53. The average molecular weight is 246 g/mol. The van der Waals surface area contributed by atoms with Crippen molar-refractivity contribution in [3.05, 3.63) is 22.0 Å². The van der Waals surface area contributed by atoms with Gasteiger partial charge in [0.1, 0.15) is 0 Å². The SMILES string of the molecule is CC1CCc2nc3sc4c(n3c2C1)CCCC4. The fraction of sp³-hybridized carbons (Fsp3) is 0.643. The molecule has 0 amide bonds. The lowest BCUT2D eigenvalue weighted by atomic mass is 9.91. The Balaban J connectivity index is 1.96. The highest BCUT2D eigenvalue weighted by atomic mass is 32.1. The Labute approximate surface area is 106 Å². The molecule has 0 aromatic carbocycles. The van der Waals surface area contributed by atoms with Crippen LogP contribution in [0.5, 0.6) is 0 Å². The van der Waals surface area contributed by atoms with E-state index in [0.29, 0.717) is 0 Å². The maximum absolute atomic E-state index is 4.87. The molecule has 0 aliphatic heterocycles. The molecule has 1 atom stereocenters. The molecule has 0 fully saturated rings. The van der Waals surface area contributed by atoms with Crippen LogP contribution in [0.2, 0.25) is 0 Å². The predicted molar refractivity (Wildman–Crippen MR) is 70.9 cm³/mol. The van der Waals surface area contributed by atoms with E-state index in [1.165, 1.54) is 61.3 Å². The van der Waals surface area contributed by atoms with E-state index >= 15 is 0 Å². The first kappa shape index (κ1) is 10.1. The average Bonchev–Trinajstić information content (AvgIpc) is 2.84.